The van der Waals surface area contributed by atoms with E-state index in [1.54, 1.807) is 30.3 Å². The van der Waals surface area contributed by atoms with E-state index in [4.69, 9.17) is 21.1 Å². The second kappa shape index (κ2) is 10.0. The molecule has 0 aromatic heterocycles. The summed E-state index contributed by atoms with van der Waals surface area (Å²) in [6, 6.07) is 18.1. The maximum Gasteiger partial charge on any atom is 0.264 e. The Balaban J connectivity index is 1.71. The summed E-state index contributed by atoms with van der Waals surface area (Å²) in [5, 5.41) is 3.35. The molecule has 1 aliphatic heterocycles. The predicted molar refractivity (Wildman–Crippen MR) is 140 cm³/mol. The third-order valence-electron chi connectivity index (χ3n) is 5.99. The maximum absolute atomic E-state index is 13.7. The third-order valence-corrected chi connectivity index (χ3v) is 7.99. The number of benzene rings is 3. The van der Waals surface area contributed by atoms with Gasteiger partial charge in [0, 0.05) is 17.0 Å². The first-order chi connectivity index (χ1) is 17.0. The highest BCUT2D eigenvalue weighted by atomic mass is 35.5. The van der Waals surface area contributed by atoms with Gasteiger partial charge in [0.05, 0.1) is 23.7 Å². The lowest BCUT2D eigenvalue weighted by atomic mass is 9.89. The minimum Gasteiger partial charge on any atom is -0.495 e. The molecule has 0 bridgehead atoms. The topological polar surface area (TPSA) is 84.9 Å². The van der Waals surface area contributed by atoms with Crippen molar-refractivity contribution in [2.24, 2.45) is 0 Å². The van der Waals surface area contributed by atoms with Crippen molar-refractivity contribution in [2.45, 2.75) is 43.7 Å². The quantitative estimate of drug-likeness (QED) is 0.451. The lowest BCUT2D eigenvalue weighted by molar-refractivity contribution is -0.120. The molecule has 0 aliphatic carbocycles. The van der Waals surface area contributed by atoms with Crippen molar-refractivity contribution in [1.82, 2.24) is 5.32 Å². The molecule has 3 aromatic carbocycles. The third kappa shape index (κ3) is 5.44. The van der Waals surface area contributed by atoms with Gasteiger partial charge < -0.3 is 14.8 Å². The summed E-state index contributed by atoms with van der Waals surface area (Å²) in [6.07, 6.45) is 0.529. The van der Waals surface area contributed by atoms with Gasteiger partial charge in [-0.2, -0.15) is 0 Å². The lowest BCUT2D eigenvalue weighted by Crippen LogP contribution is -2.45. The van der Waals surface area contributed by atoms with E-state index in [-0.39, 0.29) is 22.4 Å². The van der Waals surface area contributed by atoms with Gasteiger partial charge in [0.2, 0.25) is 5.91 Å². The summed E-state index contributed by atoms with van der Waals surface area (Å²) >= 11 is 6.22. The number of aryl methyl sites for hydroxylation is 1. The van der Waals surface area contributed by atoms with E-state index in [1.165, 1.54) is 25.3 Å². The average Bonchev–Trinajstić information content (AvgIpc) is 2.83. The molecular formula is C27H29ClN2O5S. The van der Waals surface area contributed by atoms with Gasteiger partial charge in [-0.05, 0) is 57.2 Å². The number of halogens is 1. The molecule has 0 saturated carbocycles. The van der Waals surface area contributed by atoms with Crippen LogP contribution in [-0.2, 0) is 14.8 Å². The van der Waals surface area contributed by atoms with E-state index >= 15 is 0 Å². The molecule has 1 amide bonds. The van der Waals surface area contributed by atoms with Crippen LogP contribution >= 0.6 is 11.6 Å². The van der Waals surface area contributed by atoms with Gasteiger partial charge in [-0.1, -0.05) is 47.5 Å². The van der Waals surface area contributed by atoms with Crippen molar-refractivity contribution in [3.63, 3.8) is 0 Å². The van der Waals surface area contributed by atoms with Crippen LogP contribution in [0.1, 0.15) is 37.4 Å². The van der Waals surface area contributed by atoms with Crippen LogP contribution in [-0.4, -0.2) is 33.6 Å². The van der Waals surface area contributed by atoms with Crippen molar-refractivity contribution < 1.29 is 22.7 Å². The molecule has 1 heterocycles. The molecule has 1 N–H and O–H groups in total. The van der Waals surface area contributed by atoms with Gasteiger partial charge in [0.15, 0.2) is 0 Å². The standard InChI is InChI=1S/C27H29ClN2O5S/c1-18-10-12-24-21(14-18)22(16-27(2,3)35-24)29-26(31)17-30(23-15-19(28)11-13-25(23)34-4)36(32,33)20-8-6-5-7-9-20/h5-15,22H,16-17H2,1-4H3,(H,29,31). The number of nitrogens with zero attached hydrogens (tertiary/aromatic N) is 1. The molecule has 3 aromatic rings. The molecule has 0 fully saturated rings. The fraction of sp³-hybridized carbons (Fsp3) is 0.296. The number of anilines is 1. The van der Waals surface area contributed by atoms with Crippen molar-refractivity contribution in [3.05, 3.63) is 82.9 Å². The average molecular weight is 529 g/mol. The Morgan fingerprint density at radius 2 is 1.86 bits per heavy atom. The van der Waals surface area contributed by atoms with E-state index in [0.29, 0.717) is 17.2 Å². The number of methoxy groups -OCH3 is 1. The largest absolute Gasteiger partial charge is 0.495 e. The first-order valence-electron chi connectivity index (χ1n) is 11.5. The zero-order chi connectivity index (χ0) is 26.1. The van der Waals surface area contributed by atoms with Crippen LogP contribution in [0.3, 0.4) is 0 Å². The monoisotopic (exact) mass is 528 g/mol. The normalized spacial score (nSPS) is 16.4. The Morgan fingerprint density at radius 1 is 1.14 bits per heavy atom. The van der Waals surface area contributed by atoms with Gasteiger partial charge in [-0.25, -0.2) is 8.42 Å². The van der Waals surface area contributed by atoms with Crippen LogP contribution in [0, 0.1) is 6.92 Å². The lowest BCUT2D eigenvalue weighted by Gasteiger charge is -2.38. The summed E-state index contributed by atoms with van der Waals surface area (Å²) in [5.41, 5.74) is 1.56. The summed E-state index contributed by atoms with van der Waals surface area (Å²) < 4.78 is 40.0. The number of hydrogen-bond donors (Lipinski definition) is 1. The number of nitrogens with one attached hydrogen (secondary N) is 1. The highest BCUT2D eigenvalue weighted by molar-refractivity contribution is 7.92. The Bertz CT molecular complexity index is 1380. The molecule has 4 rings (SSSR count). The second-order valence-corrected chi connectivity index (χ2v) is 11.7. The van der Waals surface area contributed by atoms with Crippen LogP contribution in [0.2, 0.25) is 5.02 Å². The van der Waals surface area contributed by atoms with Gasteiger partial charge >= 0.3 is 0 Å². The van der Waals surface area contributed by atoms with E-state index in [2.05, 4.69) is 5.32 Å². The first kappa shape index (κ1) is 25.9. The van der Waals surface area contributed by atoms with Crippen molar-refractivity contribution in [3.8, 4) is 11.5 Å². The molecule has 9 heteroatoms. The number of sulfonamides is 1. The SMILES string of the molecule is COc1ccc(Cl)cc1N(CC(=O)NC1CC(C)(C)Oc2ccc(C)cc21)S(=O)(=O)c1ccccc1. The highest BCUT2D eigenvalue weighted by Gasteiger charge is 2.36. The smallest absolute Gasteiger partial charge is 0.264 e. The van der Waals surface area contributed by atoms with Crippen LogP contribution in [0.15, 0.2) is 71.6 Å². The van der Waals surface area contributed by atoms with E-state index < -0.39 is 28.1 Å². The van der Waals surface area contributed by atoms with Gasteiger partial charge in [-0.3, -0.25) is 9.10 Å². The zero-order valence-corrected chi connectivity index (χ0v) is 22.2. The summed E-state index contributed by atoms with van der Waals surface area (Å²) in [7, 11) is -2.69. The molecular weight excluding hydrogens is 500 g/mol. The van der Waals surface area contributed by atoms with Crippen molar-refractivity contribution >= 4 is 33.2 Å². The minimum absolute atomic E-state index is 0.0491. The Labute approximate surface area is 217 Å². The first-order valence-corrected chi connectivity index (χ1v) is 13.3. The van der Waals surface area contributed by atoms with Crippen molar-refractivity contribution in [1.29, 1.82) is 0 Å². The molecule has 1 unspecified atom stereocenters. The number of rotatable bonds is 7. The molecule has 0 saturated heterocycles. The Morgan fingerprint density at radius 3 is 2.56 bits per heavy atom. The van der Waals surface area contributed by atoms with E-state index in [1.807, 2.05) is 39.0 Å². The van der Waals surface area contributed by atoms with Gasteiger partial charge in [0.1, 0.15) is 23.6 Å². The second-order valence-electron chi connectivity index (χ2n) is 9.37. The molecule has 7 nitrogen and oxygen atoms in total. The number of hydrogen-bond acceptors (Lipinski definition) is 5. The Hall–Kier alpha value is -3.23. The minimum atomic E-state index is -4.12. The van der Waals surface area contributed by atoms with E-state index in [9.17, 15) is 13.2 Å². The molecule has 36 heavy (non-hydrogen) atoms. The number of carbonyl (C=O) groups is 1. The molecule has 1 atom stereocenters. The molecule has 0 spiro atoms. The van der Waals surface area contributed by atoms with Crippen molar-refractivity contribution in [2.75, 3.05) is 18.0 Å². The zero-order valence-electron chi connectivity index (χ0n) is 20.6. The predicted octanol–water partition coefficient (Wildman–Crippen LogP) is 5.27. The molecule has 190 valence electrons. The Kier molecular flexibility index (Phi) is 7.20. The number of fused-ring (bicyclic) bond motifs is 1. The summed E-state index contributed by atoms with van der Waals surface area (Å²) in [6.45, 7) is 5.42. The summed E-state index contributed by atoms with van der Waals surface area (Å²) in [4.78, 5) is 13.5. The van der Waals surface area contributed by atoms with Crippen LogP contribution in [0.5, 0.6) is 11.5 Å². The van der Waals surface area contributed by atoms with E-state index in [0.717, 1.165) is 15.4 Å². The molecule has 0 radical (unpaired) electrons. The fourth-order valence-electron chi connectivity index (χ4n) is 4.35. The van der Waals surface area contributed by atoms with Gasteiger partial charge in [-0.15, -0.1) is 0 Å². The molecule has 1 aliphatic rings. The number of ether oxygens (including phenoxy) is 2. The fourth-order valence-corrected chi connectivity index (χ4v) is 5.96. The maximum atomic E-state index is 13.7. The number of carbonyl (C=O) groups excluding carboxylic acids is 1. The number of amides is 1. The van der Waals surface area contributed by atoms with Crippen LogP contribution in [0.4, 0.5) is 5.69 Å². The summed E-state index contributed by atoms with van der Waals surface area (Å²) in [5.74, 6) is 0.513. The highest BCUT2D eigenvalue weighted by Crippen LogP contribution is 2.40. The van der Waals surface area contributed by atoms with Gasteiger partial charge in [0.25, 0.3) is 10.0 Å². The van der Waals surface area contributed by atoms with Crippen LogP contribution in [0.25, 0.3) is 0 Å². The van der Waals surface area contributed by atoms with Crippen LogP contribution < -0.4 is 19.1 Å².